The van der Waals surface area contributed by atoms with Crippen molar-refractivity contribution in [1.82, 2.24) is 10.9 Å². The highest BCUT2D eigenvalue weighted by Crippen LogP contribution is 2.28. The SMILES string of the molecule is CCOc1ccc(C(=O)NNC(=O)C(C)Sc2ccc(Cl)cc2)cc1OC. The van der Waals surface area contributed by atoms with Gasteiger partial charge in [-0.1, -0.05) is 11.6 Å². The molecule has 2 N–H and O–H groups in total. The van der Waals surface area contributed by atoms with Crippen molar-refractivity contribution in [3.8, 4) is 11.5 Å². The van der Waals surface area contributed by atoms with E-state index in [0.29, 0.717) is 28.7 Å². The monoisotopic (exact) mass is 408 g/mol. The van der Waals surface area contributed by atoms with Crippen molar-refractivity contribution in [2.24, 2.45) is 0 Å². The van der Waals surface area contributed by atoms with Crippen LogP contribution < -0.4 is 20.3 Å². The fourth-order valence-electron chi connectivity index (χ4n) is 2.15. The Balaban J connectivity index is 1.92. The highest BCUT2D eigenvalue weighted by Gasteiger charge is 2.16. The third kappa shape index (κ3) is 6.08. The minimum Gasteiger partial charge on any atom is -0.493 e. The lowest BCUT2D eigenvalue weighted by molar-refractivity contribution is -0.121. The lowest BCUT2D eigenvalue weighted by atomic mass is 10.2. The molecule has 0 spiro atoms. The number of ether oxygens (including phenoxy) is 2. The second kappa shape index (κ2) is 10.1. The molecule has 0 radical (unpaired) electrons. The van der Waals surface area contributed by atoms with Crippen molar-refractivity contribution >= 4 is 35.2 Å². The third-order valence-electron chi connectivity index (χ3n) is 3.52. The largest absolute Gasteiger partial charge is 0.493 e. The number of methoxy groups -OCH3 is 1. The van der Waals surface area contributed by atoms with Crippen LogP contribution in [0, 0.1) is 0 Å². The van der Waals surface area contributed by atoms with Gasteiger partial charge in [-0.15, -0.1) is 11.8 Å². The predicted molar refractivity (Wildman–Crippen MR) is 107 cm³/mol. The fourth-order valence-corrected chi connectivity index (χ4v) is 3.14. The van der Waals surface area contributed by atoms with Gasteiger partial charge in [0.05, 0.1) is 19.0 Å². The van der Waals surface area contributed by atoms with E-state index in [-0.39, 0.29) is 5.91 Å². The van der Waals surface area contributed by atoms with E-state index < -0.39 is 11.2 Å². The van der Waals surface area contributed by atoms with Gasteiger partial charge < -0.3 is 9.47 Å². The van der Waals surface area contributed by atoms with Gasteiger partial charge in [-0.25, -0.2) is 0 Å². The molecular formula is C19H21ClN2O4S. The number of nitrogens with one attached hydrogen (secondary N) is 2. The van der Waals surface area contributed by atoms with Gasteiger partial charge in [0.25, 0.3) is 11.8 Å². The highest BCUT2D eigenvalue weighted by atomic mass is 35.5. The molecule has 0 aliphatic carbocycles. The predicted octanol–water partition coefficient (Wildman–Crippen LogP) is 3.69. The minimum absolute atomic E-state index is 0.318. The van der Waals surface area contributed by atoms with Crippen LogP contribution in [-0.4, -0.2) is 30.8 Å². The number of halogens is 1. The molecule has 0 heterocycles. The summed E-state index contributed by atoms with van der Waals surface area (Å²) >= 11 is 7.21. The molecule has 2 amide bonds. The van der Waals surface area contributed by atoms with Crippen molar-refractivity contribution in [3.63, 3.8) is 0 Å². The van der Waals surface area contributed by atoms with Crippen LogP contribution in [0.5, 0.6) is 11.5 Å². The molecule has 2 rings (SSSR count). The number of carbonyl (C=O) groups excluding carboxylic acids is 2. The molecule has 2 aromatic carbocycles. The Kier molecular flexibility index (Phi) is 7.82. The Bertz CT molecular complexity index is 799. The maximum atomic E-state index is 12.3. The molecule has 8 heteroatoms. The summed E-state index contributed by atoms with van der Waals surface area (Å²) in [6.07, 6.45) is 0. The first-order valence-corrected chi connectivity index (χ1v) is 9.53. The summed E-state index contributed by atoms with van der Waals surface area (Å²) in [6.45, 7) is 4.10. The van der Waals surface area contributed by atoms with E-state index in [1.165, 1.54) is 18.9 Å². The molecule has 0 fully saturated rings. The topological polar surface area (TPSA) is 76.7 Å². The van der Waals surface area contributed by atoms with Crippen LogP contribution >= 0.6 is 23.4 Å². The van der Waals surface area contributed by atoms with Crippen LogP contribution in [0.1, 0.15) is 24.2 Å². The maximum Gasteiger partial charge on any atom is 0.269 e. The van der Waals surface area contributed by atoms with Gasteiger partial charge in [0, 0.05) is 15.5 Å². The van der Waals surface area contributed by atoms with Gasteiger partial charge >= 0.3 is 0 Å². The molecule has 0 aliphatic rings. The number of amides is 2. The maximum absolute atomic E-state index is 12.3. The highest BCUT2D eigenvalue weighted by molar-refractivity contribution is 8.00. The molecule has 0 aromatic heterocycles. The van der Waals surface area contributed by atoms with Gasteiger partial charge in [0.2, 0.25) is 0 Å². The summed E-state index contributed by atoms with van der Waals surface area (Å²) in [5, 5.41) is 0.232. The standard InChI is InChI=1S/C19H21ClN2O4S/c1-4-26-16-10-5-13(11-17(16)25-3)19(24)22-21-18(23)12(2)27-15-8-6-14(20)7-9-15/h5-12H,4H2,1-3H3,(H,21,23)(H,22,24). The first-order chi connectivity index (χ1) is 12.9. The third-order valence-corrected chi connectivity index (χ3v) is 4.88. The van der Waals surface area contributed by atoms with Crippen LogP contribution in [-0.2, 0) is 4.79 Å². The van der Waals surface area contributed by atoms with Gasteiger partial charge in [0.1, 0.15) is 0 Å². The molecule has 0 saturated heterocycles. The van der Waals surface area contributed by atoms with E-state index in [4.69, 9.17) is 21.1 Å². The second-order valence-electron chi connectivity index (χ2n) is 5.46. The average Bonchev–Trinajstić information content (AvgIpc) is 2.68. The van der Waals surface area contributed by atoms with Crippen molar-refractivity contribution in [1.29, 1.82) is 0 Å². The normalized spacial score (nSPS) is 11.4. The first-order valence-electron chi connectivity index (χ1n) is 8.27. The van der Waals surface area contributed by atoms with Crippen molar-refractivity contribution < 1.29 is 19.1 Å². The zero-order valence-electron chi connectivity index (χ0n) is 15.2. The quantitative estimate of drug-likeness (QED) is 0.539. The summed E-state index contributed by atoms with van der Waals surface area (Å²) in [6, 6.07) is 12.0. The van der Waals surface area contributed by atoms with E-state index in [1.54, 1.807) is 37.3 Å². The molecule has 0 saturated carbocycles. The van der Waals surface area contributed by atoms with E-state index in [9.17, 15) is 9.59 Å². The molecule has 144 valence electrons. The molecular weight excluding hydrogens is 388 g/mol. The molecule has 6 nitrogen and oxygen atoms in total. The van der Waals surface area contributed by atoms with Crippen LogP contribution in [0.2, 0.25) is 5.02 Å². The lowest BCUT2D eigenvalue weighted by Crippen LogP contribution is -2.44. The number of hydrogen-bond donors (Lipinski definition) is 2. The summed E-state index contributed by atoms with van der Waals surface area (Å²) in [5.74, 6) is 0.227. The summed E-state index contributed by atoms with van der Waals surface area (Å²) < 4.78 is 10.6. The molecule has 1 unspecified atom stereocenters. The Labute approximate surface area is 167 Å². The summed E-state index contributed by atoms with van der Waals surface area (Å²) in [4.78, 5) is 25.4. The van der Waals surface area contributed by atoms with Gasteiger partial charge in [0.15, 0.2) is 11.5 Å². The number of carbonyl (C=O) groups is 2. The van der Waals surface area contributed by atoms with Crippen molar-refractivity contribution in [2.45, 2.75) is 24.0 Å². The van der Waals surface area contributed by atoms with Gasteiger partial charge in [-0.2, -0.15) is 0 Å². The smallest absolute Gasteiger partial charge is 0.269 e. The number of rotatable bonds is 7. The first kappa shape index (κ1) is 20.9. The Hall–Kier alpha value is -2.38. The van der Waals surface area contributed by atoms with Crippen LogP contribution in [0.4, 0.5) is 0 Å². The number of hydrogen-bond acceptors (Lipinski definition) is 5. The molecule has 27 heavy (non-hydrogen) atoms. The Morgan fingerprint density at radius 1 is 1.11 bits per heavy atom. The van der Waals surface area contributed by atoms with Crippen molar-refractivity contribution in [3.05, 3.63) is 53.1 Å². The molecule has 2 aromatic rings. The average molecular weight is 409 g/mol. The van der Waals surface area contributed by atoms with E-state index >= 15 is 0 Å². The van der Waals surface area contributed by atoms with Gasteiger partial charge in [-0.3, -0.25) is 20.4 Å². The van der Waals surface area contributed by atoms with Crippen LogP contribution in [0.15, 0.2) is 47.4 Å². The summed E-state index contributed by atoms with van der Waals surface area (Å²) in [5.41, 5.74) is 5.18. The Morgan fingerprint density at radius 3 is 2.44 bits per heavy atom. The molecule has 1 atom stereocenters. The summed E-state index contributed by atoms with van der Waals surface area (Å²) in [7, 11) is 1.50. The number of thioether (sulfide) groups is 1. The van der Waals surface area contributed by atoms with Gasteiger partial charge in [-0.05, 0) is 56.3 Å². The number of hydrazine groups is 1. The molecule has 0 bridgehead atoms. The molecule has 0 aliphatic heterocycles. The fraction of sp³-hybridized carbons (Fsp3) is 0.263. The van der Waals surface area contributed by atoms with E-state index in [0.717, 1.165) is 4.90 Å². The zero-order valence-corrected chi connectivity index (χ0v) is 16.8. The van der Waals surface area contributed by atoms with E-state index in [2.05, 4.69) is 10.9 Å². The Morgan fingerprint density at radius 2 is 1.81 bits per heavy atom. The zero-order chi connectivity index (χ0) is 19.8. The lowest BCUT2D eigenvalue weighted by Gasteiger charge is -2.14. The van der Waals surface area contributed by atoms with E-state index in [1.807, 2.05) is 19.1 Å². The van der Waals surface area contributed by atoms with Crippen molar-refractivity contribution in [2.75, 3.05) is 13.7 Å². The van der Waals surface area contributed by atoms with Crippen LogP contribution in [0.3, 0.4) is 0 Å². The number of benzene rings is 2. The second-order valence-corrected chi connectivity index (χ2v) is 7.31. The van der Waals surface area contributed by atoms with Crippen LogP contribution in [0.25, 0.3) is 0 Å². The minimum atomic E-state index is -0.451.